The molecule has 0 fully saturated rings. The van der Waals surface area contributed by atoms with Gasteiger partial charge in [0, 0.05) is 14.2 Å². The first-order chi connectivity index (χ1) is 6.99. The van der Waals surface area contributed by atoms with Gasteiger partial charge in [-0.3, -0.25) is 0 Å². The molecule has 0 amide bonds. The fourth-order valence-corrected chi connectivity index (χ4v) is 1.13. The zero-order chi connectivity index (χ0) is 12.0. The molecule has 3 N–H and O–H groups in total. The number of carboxylic acid groups (broad SMARTS) is 1. The van der Waals surface area contributed by atoms with Crippen LogP contribution in [0.15, 0.2) is 0 Å². The predicted octanol–water partition coefficient (Wildman–Crippen LogP) is -1.98. The van der Waals surface area contributed by atoms with Gasteiger partial charge in [0.1, 0.15) is 18.3 Å². The van der Waals surface area contributed by atoms with Gasteiger partial charge in [-0.25, -0.2) is 4.79 Å². The second-order valence-electron chi connectivity index (χ2n) is 2.81. The van der Waals surface area contributed by atoms with Crippen molar-refractivity contribution in [1.82, 2.24) is 0 Å². The zero-order valence-electron chi connectivity index (χ0n) is 8.36. The van der Waals surface area contributed by atoms with E-state index in [0.29, 0.717) is 0 Å². The maximum absolute atomic E-state index is 10.5. The molecule has 0 radical (unpaired) electrons. The van der Waals surface area contributed by atoms with Gasteiger partial charge in [-0.15, -0.1) is 0 Å². The number of carbonyl (C=O) groups excluding carboxylic acids is 1. The van der Waals surface area contributed by atoms with Crippen LogP contribution in [0, 0.1) is 0 Å². The Morgan fingerprint density at radius 2 is 1.67 bits per heavy atom. The van der Waals surface area contributed by atoms with Crippen molar-refractivity contribution in [3.05, 3.63) is 0 Å². The summed E-state index contributed by atoms with van der Waals surface area (Å²) < 4.78 is 9.37. The third kappa shape index (κ3) is 3.56. The number of aldehydes is 1. The van der Waals surface area contributed by atoms with Crippen molar-refractivity contribution < 1.29 is 34.4 Å². The lowest BCUT2D eigenvalue weighted by Crippen LogP contribution is -2.50. The minimum Gasteiger partial charge on any atom is -0.479 e. The second kappa shape index (κ2) is 6.46. The monoisotopic (exact) mass is 222 g/mol. The van der Waals surface area contributed by atoms with Crippen molar-refractivity contribution in [1.29, 1.82) is 0 Å². The standard InChI is InChI=1S/C8H14O7/c1-14-6(4(10)3-9)7(15-2)5(11)8(12)13/h3-7,10-11H,1-2H3,(H,12,13)/t4-,5-,6+,7+/m0/s1. The number of aliphatic hydroxyl groups excluding tert-OH is 2. The normalized spacial score (nSPS) is 18.9. The van der Waals surface area contributed by atoms with Gasteiger partial charge in [-0.05, 0) is 0 Å². The summed E-state index contributed by atoms with van der Waals surface area (Å²) in [7, 11) is 2.30. The summed E-state index contributed by atoms with van der Waals surface area (Å²) in [5.74, 6) is -1.53. The van der Waals surface area contributed by atoms with Crippen molar-refractivity contribution in [2.45, 2.75) is 24.4 Å². The highest BCUT2D eigenvalue weighted by molar-refractivity contribution is 5.73. The van der Waals surface area contributed by atoms with E-state index in [0.717, 1.165) is 14.2 Å². The summed E-state index contributed by atoms with van der Waals surface area (Å²) in [4.78, 5) is 20.8. The molecule has 0 aliphatic rings. The fourth-order valence-electron chi connectivity index (χ4n) is 1.13. The number of hydrogen-bond donors (Lipinski definition) is 3. The van der Waals surface area contributed by atoms with Gasteiger partial charge in [0.2, 0.25) is 0 Å². The molecule has 7 heteroatoms. The Hall–Kier alpha value is -1.02. The summed E-state index contributed by atoms with van der Waals surface area (Å²) in [5.41, 5.74) is 0. The molecule has 0 bridgehead atoms. The summed E-state index contributed by atoms with van der Waals surface area (Å²) in [6.07, 6.45) is -5.83. The number of aliphatic carboxylic acids is 1. The molecule has 88 valence electrons. The molecule has 0 heterocycles. The highest BCUT2D eigenvalue weighted by Crippen LogP contribution is 2.11. The van der Waals surface area contributed by atoms with Crippen molar-refractivity contribution in [2.24, 2.45) is 0 Å². The van der Waals surface area contributed by atoms with Crippen LogP contribution in [-0.2, 0) is 19.1 Å². The average Bonchev–Trinajstić information content (AvgIpc) is 2.23. The first kappa shape index (κ1) is 14.0. The number of carbonyl (C=O) groups is 2. The molecular formula is C8H14O7. The number of hydrogen-bond acceptors (Lipinski definition) is 6. The molecule has 0 rings (SSSR count). The molecule has 0 aromatic carbocycles. The maximum atomic E-state index is 10.5. The van der Waals surface area contributed by atoms with E-state index in [-0.39, 0.29) is 6.29 Å². The molecule has 15 heavy (non-hydrogen) atoms. The molecule has 0 aliphatic carbocycles. The molecule has 0 aromatic heterocycles. The third-order valence-electron chi connectivity index (χ3n) is 1.91. The lowest BCUT2D eigenvalue weighted by molar-refractivity contribution is -0.171. The van der Waals surface area contributed by atoms with Crippen LogP contribution in [-0.4, -0.2) is 66.2 Å². The van der Waals surface area contributed by atoms with E-state index in [1.165, 1.54) is 0 Å². The van der Waals surface area contributed by atoms with E-state index in [1.807, 2.05) is 0 Å². The Kier molecular flexibility index (Phi) is 6.02. The largest absolute Gasteiger partial charge is 0.479 e. The van der Waals surface area contributed by atoms with Crippen LogP contribution in [0.1, 0.15) is 0 Å². The zero-order valence-corrected chi connectivity index (χ0v) is 8.36. The van der Waals surface area contributed by atoms with Crippen LogP contribution in [0.2, 0.25) is 0 Å². The molecule has 0 aromatic rings. The van der Waals surface area contributed by atoms with E-state index in [1.54, 1.807) is 0 Å². The Balaban J connectivity index is 4.74. The summed E-state index contributed by atoms with van der Waals surface area (Å²) in [5, 5.41) is 26.9. The highest BCUT2D eigenvalue weighted by Gasteiger charge is 2.37. The van der Waals surface area contributed by atoms with Gasteiger partial charge in [0.25, 0.3) is 0 Å². The molecule has 0 saturated heterocycles. The van der Waals surface area contributed by atoms with Gasteiger partial charge < -0.3 is 29.6 Å². The van der Waals surface area contributed by atoms with Gasteiger partial charge in [-0.1, -0.05) is 0 Å². The van der Waals surface area contributed by atoms with Crippen LogP contribution in [0.5, 0.6) is 0 Å². The number of rotatable bonds is 7. The molecular weight excluding hydrogens is 208 g/mol. The molecule has 0 unspecified atom stereocenters. The van der Waals surface area contributed by atoms with E-state index in [4.69, 9.17) is 9.84 Å². The Bertz CT molecular complexity index is 217. The van der Waals surface area contributed by atoms with Gasteiger partial charge in [0.15, 0.2) is 12.4 Å². The first-order valence-electron chi connectivity index (χ1n) is 4.09. The van der Waals surface area contributed by atoms with Crippen LogP contribution >= 0.6 is 0 Å². The molecule has 0 spiro atoms. The fraction of sp³-hybridized carbons (Fsp3) is 0.750. The average molecular weight is 222 g/mol. The lowest BCUT2D eigenvalue weighted by atomic mass is 10.0. The lowest BCUT2D eigenvalue weighted by Gasteiger charge is -2.27. The summed E-state index contributed by atoms with van der Waals surface area (Å²) >= 11 is 0. The molecule has 0 saturated carbocycles. The number of methoxy groups -OCH3 is 2. The van der Waals surface area contributed by atoms with Gasteiger partial charge >= 0.3 is 5.97 Å². The Labute approximate surface area is 86.2 Å². The van der Waals surface area contributed by atoms with Crippen LogP contribution in [0.25, 0.3) is 0 Å². The molecule has 4 atom stereocenters. The second-order valence-corrected chi connectivity index (χ2v) is 2.81. The number of carboxylic acids is 1. The minimum absolute atomic E-state index is 0.175. The molecule has 7 nitrogen and oxygen atoms in total. The predicted molar refractivity (Wildman–Crippen MR) is 47.3 cm³/mol. The van der Waals surface area contributed by atoms with E-state index in [9.17, 15) is 19.8 Å². The van der Waals surface area contributed by atoms with E-state index >= 15 is 0 Å². The van der Waals surface area contributed by atoms with Gasteiger partial charge in [-0.2, -0.15) is 0 Å². The summed E-state index contributed by atoms with van der Waals surface area (Å²) in [6.45, 7) is 0. The summed E-state index contributed by atoms with van der Waals surface area (Å²) in [6, 6.07) is 0. The quantitative estimate of drug-likeness (QED) is 0.428. The first-order valence-corrected chi connectivity index (χ1v) is 4.09. The smallest absolute Gasteiger partial charge is 0.335 e. The van der Waals surface area contributed by atoms with Gasteiger partial charge in [0.05, 0.1) is 0 Å². The van der Waals surface area contributed by atoms with Crippen molar-refractivity contribution in [2.75, 3.05) is 14.2 Å². The minimum atomic E-state index is -1.88. The number of aliphatic hydroxyl groups is 2. The van der Waals surface area contributed by atoms with Crippen LogP contribution in [0.3, 0.4) is 0 Å². The number of ether oxygens (including phenoxy) is 2. The van der Waals surface area contributed by atoms with Crippen LogP contribution < -0.4 is 0 Å². The Morgan fingerprint density at radius 1 is 1.20 bits per heavy atom. The van der Waals surface area contributed by atoms with E-state index < -0.39 is 30.4 Å². The maximum Gasteiger partial charge on any atom is 0.335 e. The van der Waals surface area contributed by atoms with Crippen molar-refractivity contribution >= 4 is 12.3 Å². The third-order valence-corrected chi connectivity index (χ3v) is 1.91. The van der Waals surface area contributed by atoms with Crippen LogP contribution in [0.4, 0.5) is 0 Å². The SMILES string of the molecule is CO[C@@H]([C@H](OC)[C@@H](O)C=O)[C@H](O)C(=O)O. The van der Waals surface area contributed by atoms with Crippen molar-refractivity contribution in [3.8, 4) is 0 Å². The van der Waals surface area contributed by atoms with Crippen molar-refractivity contribution in [3.63, 3.8) is 0 Å². The molecule has 0 aliphatic heterocycles. The highest BCUT2D eigenvalue weighted by atomic mass is 16.5. The topological polar surface area (TPSA) is 113 Å². The van der Waals surface area contributed by atoms with E-state index in [2.05, 4.69) is 4.74 Å². The Morgan fingerprint density at radius 3 is 1.93 bits per heavy atom.